The van der Waals surface area contributed by atoms with Crippen molar-refractivity contribution >= 4 is 5.65 Å². The van der Waals surface area contributed by atoms with Gasteiger partial charge in [0.1, 0.15) is 5.65 Å². The second-order valence-corrected chi connectivity index (χ2v) is 3.46. The molecule has 2 heteroatoms. The van der Waals surface area contributed by atoms with E-state index < -0.39 is 0 Å². The maximum atomic E-state index is 4.21. The van der Waals surface area contributed by atoms with Crippen molar-refractivity contribution < 1.29 is 0 Å². The van der Waals surface area contributed by atoms with Crippen LogP contribution < -0.4 is 0 Å². The molecule has 2 aromatic rings. The Balaban J connectivity index is 0.000000531. The van der Waals surface area contributed by atoms with Crippen LogP contribution in [0, 0.1) is 0 Å². The normalized spacial score (nSPS) is 12.0. The van der Waals surface area contributed by atoms with Crippen molar-refractivity contribution in [3.8, 4) is 0 Å². The van der Waals surface area contributed by atoms with Crippen LogP contribution in [0.25, 0.3) is 5.65 Å². The van der Waals surface area contributed by atoms with Gasteiger partial charge in [0.25, 0.3) is 0 Å². The van der Waals surface area contributed by atoms with E-state index in [-0.39, 0.29) is 0 Å². The fourth-order valence-electron chi connectivity index (χ4n) is 1.46. The zero-order valence-corrected chi connectivity index (χ0v) is 10.1. The van der Waals surface area contributed by atoms with E-state index in [1.165, 1.54) is 12.0 Å². The molecule has 0 aliphatic rings. The SMILES string of the molecule is CC.CCC(C)c1ccc2nccn2c1. The molecule has 0 aliphatic carbocycles. The number of aromatic nitrogens is 2. The van der Waals surface area contributed by atoms with Gasteiger partial charge in [0.15, 0.2) is 0 Å². The lowest BCUT2D eigenvalue weighted by Gasteiger charge is -2.08. The average Bonchev–Trinajstić information content (AvgIpc) is 2.77. The predicted molar refractivity (Wildman–Crippen MR) is 65.2 cm³/mol. The largest absolute Gasteiger partial charge is 0.307 e. The predicted octanol–water partition coefficient (Wildman–Crippen LogP) is 3.87. The number of imidazole rings is 1. The van der Waals surface area contributed by atoms with Crippen LogP contribution in [0.3, 0.4) is 0 Å². The summed E-state index contributed by atoms with van der Waals surface area (Å²) >= 11 is 0. The molecule has 0 spiro atoms. The van der Waals surface area contributed by atoms with Gasteiger partial charge in [-0.05, 0) is 24.0 Å². The number of pyridine rings is 1. The van der Waals surface area contributed by atoms with Gasteiger partial charge in [0.2, 0.25) is 0 Å². The molecule has 0 bridgehead atoms. The molecule has 0 amide bonds. The molecule has 2 nitrogen and oxygen atoms in total. The van der Waals surface area contributed by atoms with E-state index in [4.69, 9.17) is 0 Å². The first-order valence-electron chi connectivity index (χ1n) is 5.74. The van der Waals surface area contributed by atoms with Crippen molar-refractivity contribution in [2.24, 2.45) is 0 Å². The number of rotatable bonds is 2. The lowest BCUT2D eigenvalue weighted by atomic mass is 10.0. The Morgan fingerprint density at radius 1 is 1.33 bits per heavy atom. The highest BCUT2D eigenvalue weighted by molar-refractivity contribution is 5.40. The van der Waals surface area contributed by atoms with Crippen LogP contribution in [0.2, 0.25) is 0 Å². The van der Waals surface area contributed by atoms with Crippen molar-refractivity contribution in [3.63, 3.8) is 0 Å². The van der Waals surface area contributed by atoms with Crippen LogP contribution in [-0.2, 0) is 0 Å². The lowest BCUT2D eigenvalue weighted by Crippen LogP contribution is -1.94. The van der Waals surface area contributed by atoms with Crippen LogP contribution in [0.15, 0.2) is 30.7 Å². The molecule has 0 aromatic carbocycles. The molecule has 0 saturated carbocycles. The second kappa shape index (κ2) is 5.54. The summed E-state index contributed by atoms with van der Waals surface area (Å²) in [4.78, 5) is 4.21. The molecule has 2 rings (SSSR count). The van der Waals surface area contributed by atoms with Crippen LogP contribution in [0.1, 0.15) is 45.6 Å². The van der Waals surface area contributed by atoms with Crippen molar-refractivity contribution in [3.05, 3.63) is 36.3 Å². The van der Waals surface area contributed by atoms with E-state index in [1.807, 2.05) is 26.2 Å². The van der Waals surface area contributed by atoms with E-state index in [2.05, 4.69) is 41.6 Å². The Labute approximate surface area is 92.0 Å². The maximum Gasteiger partial charge on any atom is 0.136 e. The molecule has 0 radical (unpaired) electrons. The summed E-state index contributed by atoms with van der Waals surface area (Å²) in [5, 5.41) is 0. The van der Waals surface area contributed by atoms with Crippen LogP contribution >= 0.6 is 0 Å². The number of hydrogen-bond donors (Lipinski definition) is 0. The maximum absolute atomic E-state index is 4.21. The van der Waals surface area contributed by atoms with Crippen molar-refractivity contribution in [2.45, 2.75) is 40.0 Å². The molecule has 82 valence electrons. The van der Waals surface area contributed by atoms with Gasteiger partial charge in [-0.25, -0.2) is 4.98 Å². The van der Waals surface area contributed by atoms with E-state index in [9.17, 15) is 0 Å². The summed E-state index contributed by atoms with van der Waals surface area (Å²) < 4.78 is 2.07. The summed E-state index contributed by atoms with van der Waals surface area (Å²) in [6.45, 7) is 8.46. The first kappa shape index (κ1) is 11.8. The van der Waals surface area contributed by atoms with Crippen LogP contribution in [-0.4, -0.2) is 9.38 Å². The summed E-state index contributed by atoms with van der Waals surface area (Å²) in [6, 6.07) is 4.23. The van der Waals surface area contributed by atoms with E-state index in [1.54, 1.807) is 0 Å². The number of hydrogen-bond acceptors (Lipinski definition) is 1. The molecule has 1 atom stereocenters. The van der Waals surface area contributed by atoms with Gasteiger partial charge in [-0.1, -0.05) is 33.8 Å². The van der Waals surface area contributed by atoms with Crippen molar-refractivity contribution in [1.29, 1.82) is 0 Å². The first-order chi connectivity index (χ1) is 7.31. The molecule has 1 unspecified atom stereocenters. The molecule has 0 fully saturated rings. The van der Waals surface area contributed by atoms with Crippen LogP contribution in [0.4, 0.5) is 0 Å². The Hall–Kier alpha value is -1.31. The highest BCUT2D eigenvalue weighted by atomic mass is 15.0. The van der Waals surface area contributed by atoms with Gasteiger partial charge < -0.3 is 4.40 Å². The van der Waals surface area contributed by atoms with Gasteiger partial charge in [0, 0.05) is 18.6 Å². The molecule has 2 heterocycles. The third-order valence-electron chi connectivity index (χ3n) is 2.59. The standard InChI is InChI=1S/C11H14N2.C2H6/c1-3-9(2)10-4-5-11-12-6-7-13(11)8-10;1-2/h4-9H,3H2,1-2H3;1-2H3. The van der Waals surface area contributed by atoms with E-state index in [0.717, 1.165) is 5.65 Å². The Bertz CT molecular complexity index is 404. The second-order valence-electron chi connectivity index (χ2n) is 3.46. The number of fused-ring (bicyclic) bond motifs is 1. The first-order valence-corrected chi connectivity index (χ1v) is 5.74. The Kier molecular flexibility index (Phi) is 4.35. The summed E-state index contributed by atoms with van der Waals surface area (Å²) in [5.74, 6) is 0.631. The fraction of sp³-hybridized carbons (Fsp3) is 0.462. The molecule has 0 N–H and O–H groups in total. The van der Waals surface area contributed by atoms with E-state index in [0.29, 0.717) is 5.92 Å². The number of nitrogens with zero attached hydrogens (tertiary/aromatic N) is 2. The van der Waals surface area contributed by atoms with Crippen molar-refractivity contribution in [2.75, 3.05) is 0 Å². The molecule has 2 aromatic heterocycles. The molecular formula is C13H20N2. The zero-order chi connectivity index (χ0) is 11.3. The minimum Gasteiger partial charge on any atom is -0.307 e. The minimum atomic E-state index is 0.631. The van der Waals surface area contributed by atoms with Crippen molar-refractivity contribution in [1.82, 2.24) is 9.38 Å². The topological polar surface area (TPSA) is 17.3 Å². The Morgan fingerprint density at radius 2 is 2.07 bits per heavy atom. The van der Waals surface area contributed by atoms with Gasteiger partial charge in [-0.3, -0.25) is 0 Å². The third-order valence-corrected chi connectivity index (χ3v) is 2.59. The van der Waals surface area contributed by atoms with E-state index >= 15 is 0 Å². The highest BCUT2D eigenvalue weighted by Gasteiger charge is 2.03. The molecule has 0 aliphatic heterocycles. The molecular weight excluding hydrogens is 184 g/mol. The monoisotopic (exact) mass is 204 g/mol. The van der Waals surface area contributed by atoms with Gasteiger partial charge in [-0.2, -0.15) is 0 Å². The smallest absolute Gasteiger partial charge is 0.136 e. The van der Waals surface area contributed by atoms with Crippen LogP contribution in [0.5, 0.6) is 0 Å². The minimum absolute atomic E-state index is 0.631. The highest BCUT2D eigenvalue weighted by Crippen LogP contribution is 2.18. The molecule has 15 heavy (non-hydrogen) atoms. The lowest BCUT2D eigenvalue weighted by molar-refractivity contribution is 0.728. The van der Waals surface area contributed by atoms with Gasteiger partial charge in [-0.15, -0.1) is 0 Å². The van der Waals surface area contributed by atoms with Gasteiger partial charge in [0.05, 0.1) is 0 Å². The summed E-state index contributed by atoms with van der Waals surface area (Å²) in [5.41, 5.74) is 2.40. The zero-order valence-electron chi connectivity index (χ0n) is 10.1. The third kappa shape index (κ3) is 2.58. The average molecular weight is 204 g/mol. The van der Waals surface area contributed by atoms with Gasteiger partial charge >= 0.3 is 0 Å². The fourth-order valence-corrected chi connectivity index (χ4v) is 1.46. The Morgan fingerprint density at radius 3 is 2.73 bits per heavy atom. The summed E-state index contributed by atoms with van der Waals surface area (Å²) in [7, 11) is 0. The summed E-state index contributed by atoms with van der Waals surface area (Å²) in [6.07, 6.45) is 7.16. The molecule has 0 saturated heterocycles. The quantitative estimate of drug-likeness (QED) is 0.725.